The number of unbranched alkanes of at least 4 members (excludes halogenated alkanes) is 7. The number of carboxylic acids is 1. The normalized spacial score (nSPS) is 21.1. The molecule has 0 spiro atoms. The number of nitrogens with zero attached hydrogens (tertiary/aromatic N) is 2. The molecule has 4 nitrogen and oxygen atoms in total. The molecule has 1 unspecified atom stereocenters. The van der Waals surface area contributed by atoms with Gasteiger partial charge >= 0.3 is 5.97 Å². The van der Waals surface area contributed by atoms with Crippen LogP contribution in [-0.2, 0) is 4.79 Å². The number of aliphatic carboxylic acids is 1. The summed E-state index contributed by atoms with van der Waals surface area (Å²) in [4.78, 5) is 15.9. The summed E-state index contributed by atoms with van der Waals surface area (Å²) in [5.41, 5.74) is 0. The fourth-order valence-electron chi connectivity index (χ4n) is 3.42. The molecule has 0 amide bonds. The van der Waals surface area contributed by atoms with Crippen molar-refractivity contribution in [3.63, 3.8) is 0 Å². The van der Waals surface area contributed by atoms with Crippen molar-refractivity contribution in [2.24, 2.45) is 4.99 Å². The zero-order chi connectivity index (χ0) is 16.3. The van der Waals surface area contributed by atoms with Gasteiger partial charge in [0.2, 0.25) is 0 Å². The van der Waals surface area contributed by atoms with Gasteiger partial charge < -0.3 is 5.11 Å². The highest BCUT2D eigenvalue weighted by Crippen LogP contribution is 2.21. The Morgan fingerprint density at radius 2 is 1.68 bits per heavy atom. The Kier molecular flexibility index (Phi) is 9.37. The molecule has 1 heterocycles. The highest BCUT2D eigenvalue weighted by molar-refractivity contribution is 5.80. The topological polar surface area (TPSA) is 49.7 Å². The van der Waals surface area contributed by atoms with Gasteiger partial charge in [-0.25, -0.2) is 9.79 Å². The zero-order valence-electron chi connectivity index (χ0n) is 14.6. The second kappa shape index (κ2) is 10.8. The van der Waals surface area contributed by atoms with E-state index in [1.165, 1.54) is 38.5 Å². The molecule has 0 aromatic rings. The van der Waals surface area contributed by atoms with Crippen LogP contribution in [0.4, 0.5) is 0 Å². The van der Waals surface area contributed by atoms with Crippen molar-refractivity contribution < 1.29 is 14.4 Å². The smallest absolute Gasteiger partial charge is 0.359 e. The first kappa shape index (κ1) is 19.1. The molecule has 1 atom stereocenters. The van der Waals surface area contributed by atoms with E-state index in [1.54, 1.807) is 0 Å². The summed E-state index contributed by atoms with van der Waals surface area (Å²) < 4.78 is 0.624. The molecule has 0 fully saturated rings. The van der Waals surface area contributed by atoms with Crippen molar-refractivity contribution in [3.8, 4) is 0 Å². The van der Waals surface area contributed by atoms with Crippen LogP contribution in [0.3, 0.4) is 0 Å². The minimum atomic E-state index is -0.690. The molecule has 0 saturated carbocycles. The SMILES string of the molecule is CCCCCCCCCC1=NCC[N+]1(CCCC)CC(=O)O. The Bertz CT molecular complexity index is 355. The largest absolute Gasteiger partial charge is 0.477 e. The second-order valence-corrected chi connectivity index (χ2v) is 6.67. The predicted octanol–water partition coefficient (Wildman–Crippen LogP) is 4.24. The van der Waals surface area contributed by atoms with E-state index in [4.69, 9.17) is 0 Å². The predicted molar refractivity (Wildman–Crippen MR) is 92.3 cm³/mol. The number of rotatable bonds is 13. The lowest BCUT2D eigenvalue weighted by Crippen LogP contribution is -2.54. The summed E-state index contributed by atoms with van der Waals surface area (Å²) in [6.45, 7) is 7.27. The van der Waals surface area contributed by atoms with Gasteiger partial charge in [-0.15, -0.1) is 0 Å². The lowest BCUT2D eigenvalue weighted by atomic mass is 10.1. The zero-order valence-corrected chi connectivity index (χ0v) is 14.6. The summed E-state index contributed by atoms with van der Waals surface area (Å²) in [5, 5.41) is 9.28. The molecule has 1 aliphatic rings. The summed E-state index contributed by atoms with van der Waals surface area (Å²) >= 11 is 0. The van der Waals surface area contributed by atoms with E-state index in [0.717, 1.165) is 51.2 Å². The average Bonchev–Trinajstić information content (AvgIpc) is 2.86. The van der Waals surface area contributed by atoms with Crippen LogP contribution in [0.2, 0.25) is 0 Å². The van der Waals surface area contributed by atoms with Gasteiger partial charge in [-0.05, 0) is 12.8 Å². The van der Waals surface area contributed by atoms with Crippen LogP contribution >= 0.6 is 0 Å². The second-order valence-electron chi connectivity index (χ2n) is 6.67. The minimum absolute atomic E-state index is 0.218. The van der Waals surface area contributed by atoms with Crippen LogP contribution in [-0.4, -0.2) is 47.6 Å². The van der Waals surface area contributed by atoms with Crippen molar-refractivity contribution in [2.75, 3.05) is 26.2 Å². The molecule has 0 saturated heterocycles. The molecular formula is C18H35N2O2+. The van der Waals surface area contributed by atoms with Crippen molar-refractivity contribution in [1.82, 2.24) is 0 Å². The molecule has 0 aliphatic carbocycles. The van der Waals surface area contributed by atoms with Crippen LogP contribution in [0.25, 0.3) is 0 Å². The van der Waals surface area contributed by atoms with Gasteiger partial charge in [-0.1, -0.05) is 58.8 Å². The Morgan fingerprint density at radius 1 is 1.05 bits per heavy atom. The minimum Gasteiger partial charge on any atom is -0.477 e. The number of carbonyl (C=O) groups is 1. The van der Waals surface area contributed by atoms with Crippen molar-refractivity contribution in [3.05, 3.63) is 0 Å². The van der Waals surface area contributed by atoms with Gasteiger partial charge in [0.1, 0.15) is 6.54 Å². The molecule has 1 N–H and O–H groups in total. The number of aliphatic imine (C=N–C) groups is 1. The van der Waals surface area contributed by atoms with Gasteiger partial charge in [0.05, 0.1) is 13.1 Å². The molecule has 0 aromatic heterocycles. The van der Waals surface area contributed by atoms with Gasteiger partial charge in [-0.3, -0.25) is 4.48 Å². The Morgan fingerprint density at radius 3 is 2.32 bits per heavy atom. The van der Waals surface area contributed by atoms with Crippen molar-refractivity contribution >= 4 is 11.8 Å². The molecule has 1 aliphatic heterocycles. The van der Waals surface area contributed by atoms with E-state index in [0.29, 0.717) is 4.48 Å². The van der Waals surface area contributed by atoms with Gasteiger partial charge in [0.15, 0.2) is 12.4 Å². The maximum Gasteiger partial charge on any atom is 0.359 e. The van der Waals surface area contributed by atoms with Crippen LogP contribution in [0, 0.1) is 0 Å². The highest BCUT2D eigenvalue weighted by atomic mass is 16.4. The highest BCUT2D eigenvalue weighted by Gasteiger charge is 2.39. The molecule has 128 valence electrons. The molecule has 0 bridgehead atoms. The number of amidine groups is 1. The third-order valence-electron chi connectivity index (χ3n) is 4.75. The molecule has 22 heavy (non-hydrogen) atoms. The standard InChI is InChI=1S/C18H34N2O2/c1-3-5-7-8-9-10-11-12-17-19-13-15-20(17,14-6-4-2)16-18(21)22/h3-16H2,1-2H3/p+1. The lowest BCUT2D eigenvalue weighted by Gasteiger charge is -2.33. The third kappa shape index (κ3) is 6.47. The molecule has 0 radical (unpaired) electrons. The van der Waals surface area contributed by atoms with E-state index in [1.807, 2.05) is 0 Å². The first-order valence-corrected chi connectivity index (χ1v) is 9.26. The van der Waals surface area contributed by atoms with Gasteiger partial charge in [0.25, 0.3) is 0 Å². The van der Waals surface area contributed by atoms with E-state index >= 15 is 0 Å². The van der Waals surface area contributed by atoms with Gasteiger partial charge in [0, 0.05) is 6.42 Å². The Hall–Kier alpha value is -0.900. The summed E-state index contributed by atoms with van der Waals surface area (Å²) in [6, 6.07) is 0. The number of quaternary nitrogens is 1. The quantitative estimate of drug-likeness (QED) is 0.408. The average molecular weight is 311 g/mol. The van der Waals surface area contributed by atoms with E-state index < -0.39 is 5.97 Å². The summed E-state index contributed by atoms with van der Waals surface area (Å²) in [6.07, 6.45) is 12.3. The summed E-state index contributed by atoms with van der Waals surface area (Å²) in [7, 11) is 0. The van der Waals surface area contributed by atoms with E-state index in [9.17, 15) is 9.90 Å². The third-order valence-corrected chi connectivity index (χ3v) is 4.75. The fraction of sp³-hybridized carbons (Fsp3) is 0.889. The Balaban J connectivity index is 2.39. The van der Waals surface area contributed by atoms with Crippen LogP contribution < -0.4 is 0 Å². The van der Waals surface area contributed by atoms with E-state index in [-0.39, 0.29) is 6.54 Å². The fourth-order valence-corrected chi connectivity index (χ4v) is 3.42. The maximum atomic E-state index is 11.3. The number of hydrogen-bond acceptors (Lipinski definition) is 2. The van der Waals surface area contributed by atoms with Gasteiger partial charge in [-0.2, -0.15) is 0 Å². The molecule has 4 heteroatoms. The van der Waals surface area contributed by atoms with Crippen molar-refractivity contribution in [2.45, 2.75) is 78.1 Å². The monoisotopic (exact) mass is 311 g/mol. The lowest BCUT2D eigenvalue weighted by molar-refractivity contribution is -0.829. The molecule has 1 rings (SSSR count). The van der Waals surface area contributed by atoms with Crippen LogP contribution in [0.5, 0.6) is 0 Å². The first-order valence-electron chi connectivity index (χ1n) is 9.26. The molecular weight excluding hydrogens is 276 g/mol. The Labute approximate surface area is 136 Å². The summed E-state index contributed by atoms with van der Waals surface area (Å²) in [5.74, 6) is 0.467. The van der Waals surface area contributed by atoms with Crippen LogP contribution in [0.15, 0.2) is 4.99 Å². The number of carboxylic acid groups (broad SMARTS) is 1. The number of hydrogen-bond donors (Lipinski definition) is 1. The first-order chi connectivity index (χ1) is 10.6. The maximum absolute atomic E-state index is 11.3. The molecule has 0 aromatic carbocycles. The van der Waals surface area contributed by atoms with E-state index in [2.05, 4.69) is 18.8 Å². The van der Waals surface area contributed by atoms with Crippen LogP contribution in [0.1, 0.15) is 78.1 Å². The van der Waals surface area contributed by atoms with Crippen molar-refractivity contribution in [1.29, 1.82) is 0 Å².